The van der Waals surface area contributed by atoms with Crippen LogP contribution in [0.3, 0.4) is 0 Å². The van der Waals surface area contributed by atoms with E-state index in [0.29, 0.717) is 18.4 Å². The van der Waals surface area contributed by atoms with Crippen LogP contribution in [0.2, 0.25) is 0 Å². The first-order valence-electron chi connectivity index (χ1n) is 8.22. The van der Waals surface area contributed by atoms with Crippen molar-refractivity contribution in [2.45, 2.75) is 31.7 Å². The van der Waals surface area contributed by atoms with Crippen molar-refractivity contribution in [3.8, 4) is 0 Å². The Morgan fingerprint density at radius 3 is 2.41 bits per heavy atom. The molecule has 0 heterocycles. The summed E-state index contributed by atoms with van der Waals surface area (Å²) in [6, 6.07) is 5.69. The minimum Gasteiger partial charge on any atom is -0.469 e. The van der Waals surface area contributed by atoms with Gasteiger partial charge in [-0.05, 0) is 43.0 Å². The van der Waals surface area contributed by atoms with Crippen LogP contribution >= 0.6 is 0 Å². The van der Waals surface area contributed by atoms with Gasteiger partial charge >= 0.3 is 11.9 Å². The third-order valence-corrected chi connectivity index (χ3v) is 3.70. The highest BCUT2D eigenvalue weighted by atomic mass is 16.6. The van der Waals surface area contributed by atoms with E-state index in [1.54, 1.807) is 24.3 Å². The molecular formula is C18H22N2O7. The van der Waals surface area contributed by atoms with Gasteiger partial charge in [0, 0.05) is 12.0 Å². The first-order valence-corrected chi connectivity index (χ1v) is 8.22. The van der Waals surface area contributed by atoms with Crippen LogP contribution in [-0.2, 0) is 25.5 Å². The molecule has 9 nitrogen and oxygen atoms in total. The fourth-order valence-corrected chi connectivity index (χ4v) is 2.23. The molecule has 0 aliphatic carbocycles. The Morgan fingerprint density at radius 1 is 1.19 bits per heavy atom. The monoisotopic (exact) mass is 378 g/mol. The van der Waals surface area contributed by atoms with E-state index in [-0.39, 0.29) is 12.8 Å². The summed E-state index contributed by atoms with van der Waals surface area (Å²) >= 11 is 0. The SMILES string of the molecule is COC(=O)CCC(NC(=O)c1ccc(CCC=C[N+](=O)[O-])cc1)C(=O)OC. The van der Waals surface area contributed by atoms with Gasteiger partial charge in [0.1, 0.15) is 6.04 Å². The van der Waals surface area contributed by atoms with Crippen molar-refractivity contribution in [1.82, 2.24) is 5.32 Å². The third-order valence-electron chi connectivity index (χ3n) is 3.70. The van der Waals surface area contributed by atoms with Crippen LogP contribution in [0.1, 0.15) is 35.2 Å². The molecule has 0 saturated carbocycles. The highest BCUT2D eigenvalue weighted by Gasteiger charge is 2.23. The van der Waals surface area contributed by atoms with E-state index in [2.05, 4.69) is 14.8 Å². The number of methoxy groups -OCH3 is 2. The zero-order chi connectivity index (χ0) is 20.2. The number of carbonyl (C=O) groups excluding carboxylic acids is 3. The van der Waals surface area contributed by atoms with Crippen molar-refractivity contribution in [1.29, 1.82) is 0 Å². The molecule has 0 radical (unpaired) electrons. The Balaban J connectivity index is 2.66. The van der Waals surface area contributed by atoms with Gasteiger partial charge in [-0.2, -0.15) is 0 Å². The highest BCUT2D eigenvalue weighted by Crippen LogP contribution is 2.09. The van der Waals surface area contributed by atoms with Gasteiger partial charge in [0.05, 0.1) is 19.1 Å². The van der Waals surface area contributed by atoms with Crippen molar-refractivity contribution in [2.24, 2.45) is 0 Å². The van der Waals surface area contributed by atoms with Gasteiger partial charge in [-0.3, -0.25) is 19.7 Å². The van der Waals surface area contributed by atoms with E-state index in [1.807, 2.05) is 0 Å². The minimum absolute atomic E-state index is 0.0346. The van der Waals surface area contributed by atoms with Crippen LogP contribution in [0.5, 0.6) is 0 Å². The summed E-state index contributed by atoms with van der Waals surface area (Å²) in [4.78, 5) is 45.0. The molecule has 1 amide bonds. The Morgan fingerprint density at radius 2 is 1.85 bits per heavy atom. The van der Waals surface area contributed by atoms with E-state index < -0.39 is 28.8 Å². The smallest absolute Gasteiger partial charge is 0.328 e. The molecule has 1 atom stereocenters. The maximum atomic E-state index is 12.3. The topological polar surface area (TPSA) is 125 Å². The second-order valence-electron chi connectivity index (χ2n) is 5.57. The van der Waals surface area contributed by atoms with Gasteiger partial charge in [-0.1, -0.05) is 12.1 Å². The Labute approximate surface area is 156 Å². The van der Waals surface area contributed by atoms with Crippen LogP contribution < -0.4 is 5.32 Å². The average molecular weight is 378 g/mol. The molecule has 0 bridgehead atoms. The Kier molecular flexibility index (Phi) is 9.21. The number of esters is 2. The summed E-state index contributed by atoms with van der Waals surface area (Å²) in [5, 5.41) is 12.7. The normalized spacial score (nSPS) is 11.6. The zero-order valence-electron chi connectivity index (χ0n) is 15.2. The maximum absolute atomic E-state index is 12.3. The molecule has 0 saturated heterocycles. The summed E-state index contributed by atoms with van der Waals surface area (Å²) in [5.74, 6) is -1.62. The van der Waals surface area contributed by atoms with E-state index >= 15 is 0 Å². The average Bonchev–Trinajstić information content (AvgIpc) is 2.67. The third kappa shape index (κ3) is 8.13. The molecule has 0 aliphatic heterocycles. The van der Waals surface area contributed by atoms with Crippen LogP contribution in [0.25, 0.3) is 0 Å². The molecule has 1 aromatic rings. The summed E-state index contributed by atoms with van der Waals surface area (Å²) in [5.41, 5.74) is 1.25. The first kappa shape index (κ1) is 21.8. The number of nitrogens with zero attached hydrogens (tertiary/aromatic N) is 1. The van der Waals surface area contributed by atoms with E-state index in [1.165, 1.54) is 20.3 Å². The first-order chi connectivity index (χ1) is 12.9. The molecule has 1 rings (SSSR count). The number of aryl methyl sites for hydroxylation is 1. The second-order valence-corrected chi connectivity index (χ2v) is 5.57. The number of nitro groups is 1. The van der Waals surface area contributed by atoms with Gasteiger partial charge in [0.25, 0.3) is 5.91 Å². The Bertz CT molecular complexity index is 698. The largest absolute Gasteiger partial charge is 0.469 e. The minimum atomic E-state index is -0.964. The maximum Gasteiger partial charge on any atom is 0.328 e. The molecule has 1 N–H and O–H groups in total. The van der Waals surface area contributed by atoms with E-state index in [9.17, 15) is 24.5 Å². The molecular weight excluding hydrogens is 356 g/mol. The number of rotatable bonds is 10. The lowest BCUT2D eigenvalue weighted by atomic mass is 10.1. The Hall–Kier alpha value is -3.23. The number of amides is 1. The highest BCUT2D eigenvalue weighted by molar-refractivity contribution is 5.96. The van der Waals surface area contributed by atoms with Crippen molar-refractivity contribution >= 4 is 17.8 Å². The number of hydrogen-bond acceptors (Lipinski definition) is 7. The van der Waals surface area contributed by atoms with Crippen LogP contribution in [0.15, 0.2) is 36.5 Å². The van der Waals surface area contributed by atoms with Gasteiger partial charge in [-0.25, -0.2) is 4.79 Å². The van der Waals surface area contributed by atoms with Gasteiger partial charge < -0.3 is 14.8 Å². The molecule has 0 aliphatic rings. The molecule has 0 spiro atoms. The fraction of sp³-hybridized carbons (Fsp3) is 0.389. The number of nitrogens with one attached hydrogen (secondary N) is 1. The molecule has 0 fully saturated rings. The van der Waals surface area contributed by atoms with Crippen LogP contribution in [0, 0.1) is 10.1 Å². The van der Waals surface area contributed by atoms with Crippen molar-refractivity contribution in [2.75, 3.05) is 14.2 Å². The second kappa shape index (κ2) is 11.4. The molecule has 9 heteroatoms. The predicted octanol–water partition coefficient (Wildman–Crippen LogP) is 1.63. The van der Waals surface area contributed by atoms with Gasteiger partial charge in [0.2, 0.25) is 6.20 Å². The number of ether oxygens (including phenoxy) is 2. The molecule has 0 aromatic heterocycles. The fourth-order valence-electron chi connectivity index (χ4n) is 2.23. The molecule has 27 heavy (non-hydrogen) atoms. The number of benzene rings is 1. The van der Waals surface area contributed by atoms with E-state index in [0.717, 1.165) is 11.8 Å². The van der Waals surface area contributed by atoms with Crippen LogP contribution in [-0.4, -0.2) is 43.0 Å². The lowest BCUT2D eigenvalue weighted by Crippen LogP contribution is -2.41. The summed E-state index contributed by atoms with van der Waals surface area (Å²) in [6.45, 7) is 0. The number of carbonyl (C=O) groups is 3. The quantitative estimate of drug-likeness (QED) is 0.373. The summed E-state index contributed by atoms with van der Waals surface area (Å²) < 4.78 is 9.17. The number of allylic oxidation sites excluding steroid dienone is 1. The molecule has 1 unspecified atom stereocenters. The standard InChI is InChI=1S/C18H22N2O7/c1-26-16(21)11-10-15(18(23)27-2)19-17(22)14-8-6-13(7-9-14)5-3-4-12-20(24)25/h4,6-9,12,15H,3,5,10-11H2,1-2H3,(H,19,22). The van der Waals surface area contributed by atoms with Crippen molar-refractivity contribution < 1.29 is 28.8 Å². The number of hydrogen-bond donors (Lipinski definition) is 1. The van der Waals surface area contributed by atoms with Crippen molar-refractivity contribution in [3.05, 3.63) is 57.8 Å². The van der Waals surface area contributed by atoms with Gasteiger partial charge in [-0.15, -0.1) is 0 Å². The molecule has 146 valence electrons. The lowest BCUT2D eigenvalue weighted by molar-refractivity contribution is -0.402. The van der Waals surface area contributed by atoms with Crippen molar-refractivity contribution in [3.63, 3.8) is 0 Å². The predicted molar refractivity (Wildman–Crippen MR) is 95.4 cm³/mol. The van der Waals surface area contributed by atoms with E-state index in [4.69, 9.17) is 0 Å². The van der Waals surface area contributed by atoms with Gasteiger partial charge in [0.15, 0.2) is 0 Å². The zero-order valence-corrected chi connectivity index (χ0v) is 15.2. The summed E-state index contributed by atoms with van der Waals surface area (Å²) in [7, 11) is 2.44. The lowest BCUT2D eigenvalue weighted by Gasteiger charge is -2.16. The summed E-state index contributed by atoms with van der Waals surface area (Å²) in [6.07, 6.45) is 3.48. The molecule has 1 aromatic carbocycles. The van der Waals surface area contributed by atoms with Crippen LogP contribution in [0.4, 0.5) is 0 Å².